The lowest BCUT2D eigenvalue weighted by molar-refractivity contribution is -0.153. The Labute approximate surface area is 177 Å². The van der Waals surface area contributed by atoms with Crippen molar-refractivity contribution < 1.29 is 29.3 Å². The minimum absolute atomic E-state index is 0.236. The summed E-state index contributed by atoms with van der Waals surface area (Å²) in [5.74, 6) is -3.51. The Balaban J connectivity index is 2.01. The summed E-state index contributed by atoms with van der Waals surface area (Å²) in [6.45, 7) is 8.30. The van der Waals surface area contributed by atoms with E-state index in [1.54, 1.807) is 11.0 Å². The Morgan fingerprint density at radius 1 is 1.40 bits per heavy atom. The molecule has 3 fully saturated rings. The number of carboxylic acid groups (broad SMARTS) is 1. The number of likely N-dealkylation sites (tertiary alicyclic amines) is 1. The number of unbranched alkanes of at least 4 members (excludes halogenated alkanes) is 2. The van der Waals surface area contributed by atoms with Crippen LogP contribution >= 0.6 is 0 Å². The number of hydrogen-bond donors (Lipinski definition) is 2. The summed E-state index contributed by atoms with van der Waals surface area (Å²) < 4.78 is 6.19. The van der Waals surface area contributed by atoms with Gasteiger partial charge in [-0.1, -0.05) is 32.8 Å². The number of aliphatic hydroxyl groups excluding tert-OH is 1. The second-order valence-corrected chi connectivity index (χ2v) is 8.66. The first-order chi connectivity index (χ1) is 14.4. The van der Waals surface area contributed by atoms with Gasteiger partial charge in [0.1, 0.15) is 11.6 Å². The van der Waals surface area contributed by atoms with Gasteiger partial charge in [-0.15, -0.1) is 6.58 Å². The highest BCUT2D eigenvalue weighted by atomic mass is 16.5. The standard InChI is InChI=1S/C22H34N2O6/c1-4-7-8-12-23(11-5-2)20(27)18-22-10-9-15(30-22)16(21(28)29)17(22)19(26)24(18)14(6-3)13-25/h5,14-18,25H,2,4,6-13H2,1,3H3,(H,28,29)/t14-,15+,16-,17-,18+,22-/m0/s1. The monoisotopic (exact) mass is 422 g/mol. The van der Waals surface area contributed by atoms with E-state index in [0.29, 0.717) is 32.4 Å². The van der Waals surface area contributed by atoms with Crippen LogP contribution in [0, 0.1) is 11.8 Å². The summed E-state index contributed by atoms with van der Waals surface area (Å²) in [7, 11) is 0. The third kappa shape index (κ3) is 3.43. The molecule has 3 rings (SSSR count). The van der Waals surface area contributed by atoms with Crippen molar-refractivity contribution in [3.8, 4) is 0 Å². The maximum absolute atomic E-state index is 13.8. The maximum atomic E-state index is 13.8. The van der Waals surface area contributed by atoms with Crippen LogP contribution in [0.3, 0.4) is 0 Å². The van der Waals surface area contributed by atoms with Gasteiger partial charge < -0.3 is 24.7 Å². The average molecular weight is 423 g/mol. The van der Waals surface area contributed by atoms with Crippen LogP contribution in [0.5, 0.6) is 0 Å². The Bertz CT molecular complexity index is 693. The molecule has 168 valence electrons. The molecular formula is C22H34N2O6. The third-order valence-electron chi connectivity index (χ3n) is 7.03. The number of ether oxygens (including phenoxy) is 1. The van der Waals surface area contributed by atoms with E-state index in [4.69, 9.17) is 4.74 Å². The Hall–Kier alpha value is -1.93. The molecule has 3 heterocycles. The first-order valence-corrected chi connectivity index (χ1v) is 11.1. The molecule has 0 radical (unpaired) electrons. The normalized spacial score (nSPS) is 32.9. The van der Waals surface area contributed by atoms with Crippen molar-refractivity contribution in [2.24, 2.45) is 11.8 Å². The summed E-state index contributed by atoms with van der Waals surface area (Å²) in [4.78, 5) is 42.4. The molecule has 0 saturated carbocycles. The molecule has 8 nitrogen and oxygen atoms in total. The first-order valence-electron chi connectivity index (χ1n) is 11.1. The number of carbonyl (C=O) groups is 3. The smallest absolute Gasteiger partial charge is 0.310 e. The van der Waals surface area contributed by atoms with Crippen molar-refractivity contribution in [1.82, 2.24) is 9.80 Å². The average Bonchev–Trinajstić information content (AvgIpc) is 3.36. The van der Waals surface area contributed by atoms with Gasteiger partial charge in [-0.05, 0) is 25.7 Å². The fourth-order valence-corrected chi connectivity index (χ4v) is 5.63. The zero-order valence-electron chi connectivity index (χ0n) is 18.0. The van der Waals surface area contributed by atoms with E-state index in [1.165, 1.54) is 4.90 Å². The van der Waals surface area contributed by atoms with Gasteiger partial charge in [-0.25, -0.2) is 0 Å². The van der Waals surface area contributed by atoms with E-state index in [9.17, 15) is 24.6 Å². The van der Waals surface area contributed by atoms with Crippen molar-refractivity contribution >= 4 is 17.8 Å². The van der Waals surface area contributed by atoms with Crippen molar-refractivity contribution in [1.29, 1.82) is 0 Å². The summed E-state index contributed by atoms with van der Waals surface area (Å²) in [5.41, 5.74) is -1.13. The van der Waals surface area contributed by atoms with Crippen LogP contribution in [0.4, 0.5) is 0 Å². The maximum Gasteiger partial charge on any atom is 0.310 e. The molecule has 3 saturated heterocycles. The fourth-order valence-electron chi connectivity index (χ4n) is 5.63. The van der Waals surface area contributed by atoms with E-state index in [-0.39, 0.29) is 18.4 Å². The van der Waals surface area contributed by atoms with Gasteiger partial charge in [-0.2, -0.15) is 0 Å². The largest absolute Gasteiger partial charge is 0.481 e. The number of carbonyl (C=O) groups excluding carboxylic acids is 2. The number of hydrogen-bond acceptors (Lipinski definition) is 5. The van der Waals surface area contributed by atoms with Crippen LogP contribution in [0.2, 0.25) is 0 Å². The van der Waals surface area contributed by atoms with Gasteiger partial charge in [-0.3, -0.25) is 14.4 Å². The van der Waals surface area contributed by atoms with Crippen molar-refractivity contribution in [2.75, 3.05) is 19.7 Å². The molecule has 2 N–H and O–H groups in total. The first kappa shape index (κ1) is 22.7. The number of rotatable bonds is 11. The van der Waals surface area contributed by atoms with Crippen LogP contribution in [-0.2, 0) is 19.1 Å². The van der Waals surface area contributed by atoms with Crippen LogP contribution in [0.15, 0.2) is 12.7 Å². The molecule has 30 heavy (non-hydrogen) atoms. The number of nitrogens with zero attached hydrogens (tertiary/aromatic N) is 2. The Morgan fingerprint density at radius 3 is 2.70 bits per heavy atom. The molecule has 1 spiro atoms. The highest BCUT2D eigenvalue weighted by molar-refractivity contribution is 5.98. The lowest BCUT2D eigenvalue weighted by atomic mass is 9.70. The highest BCUT2D eigenvalue weighted by Gasteiger charge is 2.75. The number of aliphatic hydroxyl groups is 1. The van der Waals surface area contributed by atoms with Crippen LogP contribution < -0.4 is 0 Å². The van der Waals surface area contributed by atoms with E-state index < -0.39 is 41.6 Å². The van der Waals surface area contributed by atoms with Crippen molar-refractivity contribution in [3.63, 3.8) is 0 Å². The molecule has 3 aliphatic rings. The minimum Gasteiger partial charge on any atom is -0.481 e. The lowest BCUT2D eigenvalue weighted by Gasteiger charge is -2.39. The molecule has 0 aliphatic carbocycles. The zero-order chi connectivity index (χ0) is 22.1. The number of aliphatic carboxylic acids is 1. The van der Waals surface area contributed by atoms with E-state index in [0.717, 1.165) is 19.3 Å². The summed E-state index contributed by atoms with van der Waals surface area (Å²) >= 11 is 0. The molecular weight excluding hydrogens is 388 g/mol. The van der Waals surface area contributed by atoms with Crippen molar-refractivity contribution in [2.45, 2.75) is 76.2 Å². The number of carboxylic acids is 1. The predicted molar refractivity (Wildman–Crippen MR) is 110 cm³/mol. The third-order valence-corrected chi connectivity index (χ3v) is 7.03. The second kappa shape index (κ2) is 9.06. The van der Waals surface area contributed by atoms with E-state index >= 15 is 0 Å². The summed E-state index contributed by atoms with van der Waals surface area (Å²) in [6.07, 6.45) is 5.42. The lowest BCUT2D eigenvalue weighted by Crippen LogP contribution is -2.58. The fraction of sp³-hybridized carbons (Fsp3) is 0.773. The molecule has 8 heteroatoms. The molecule has 0 unspecified atom stereocenters. The van der Waals surface area contributed by atoms with E-state index in [2.05, 4.69) is 13.5 Å². The van der Waals surface area contributed by atoms with Gasteiger partial charge in [0.2, 0.25) is 11.8 Å². The Morgan fingerprint density at radius 2 is 2.13 bits per heavy atom. The van der Waals surface area contributed by atoms with Gasteiger partial charge >= 0.3 is 5.97 Å². The van der Waals surface area contributed by atoms with Crippen LogP contribution in [0.25, 0.3) is 0 Å². The van der Waals surface area contributed by atoms with Gasteiger partial charge in [0.15, 0.2) is 0 Å². The SMILES string of the molecule is C=CCN(CCCCC)C(=O)[C@H]1N([C@@H](CC)CO)C(=O)[C@@H]2[C@@H](C(=O)O)[C@H]3CC[C@]21O3. The van der Waals surface area contributed by atoms with Gasteiger partial charge in [0, 0.05) is 13.1 Å². The zero-order valence-corrected chi connectivity index (χ0v) is 18.0. The number of fused-ring (bicyclic) bond motifs is 1. The number of amides is 2. The molecule has 0 aromatic rings. The summed E-state index contributed by atoms with van der Waals surface area (Å²) in [5, 5.41) is 19.7. The van der Waals surface area contributed by atoms with Crippen LogP contribution in [0.1, 0.15) is 52.4 Å². The minimum atomic E-state index is -1.13. The summed E-state index contributed by atoms with van der Waals surface area (Å²) in [6, 6.07) is -1.47. The highest BCUT2D eigenvalue weighted by Crippen LogP contribution is 2.59. The molecule has 3 aliphatic heterocycles. The topological polar surface area (TPSA) is 107 Å². The Kier molecular flexibility index (Phi) is 6.87. The van der Waals surface area contributed by atoms with E-state index in [1.807, 2.05) is 6.92 Å². The quantitative estimate of drug-likeness (QED) is 0.385. The molecule has 6 atom stereocenters. The van der Waals surface area contributed by atoms with Gasteiger partial charge in [0.25, 0.3) is 0 Å². The molecule has 2 amide bonds. The molecule has 2 bridgehead atoms. The molecule has 0 aromatic carbocycles. The predicted octanol–water partition coefficient (Wildman–Crippen LogP) is 1.42. The van der Waals surface area contributed by atoms with Gasteiger partial charge in [0.05, 0.1) is 30.6 Å². The molecule has 0 aromatic heterocycles. The van der Waals surface area contributed by atoms with Crippen molar-refractivity contribution in [3.05, 3.63) is 12.7 Å². The second-order valence-electron chi connectivity index (χ2n) is 8.66. The van der Waals surface area contributed by atoms with Crippen LogP contribution in [-0.4, -0.2) is 81.3 Å².